The summed E-state index contributed by atoms with van der Waals surface area (Å²) in [5.74, 6) is 0. The van der Waals surface area contributed by atoms with Crippen LogP contribution in [0, 0.1) is 0 Å². The number of carbonyl (C=O) groups excluding carboxylic acids is 2. The maximum absolute atomic E-state index is 11.3. The van der Waals surface area contributed by atoms with Crippen molar-refractivity contribution in [1.82, 2.24) is 31.5 Å². The minimum Gasteiger partial charge on any atom is -0.338 e. The Hall–Kier alpha value is -1.54. The van der Waals surface area contributed by atoms with Gasteiger partial charge in [0.15, 0.2) is 0 Å². The molecule has 1 fully saturated rings. The highest BCUT2D eigenvalue weighted by molar-refractivity contribution is 5.76. The first-order chi connectivity index (χ1) is 10.2. The van der Waals surface area contributed by atoms with Gasteiger partial charge in [0.2, 0.25) is 0 Å². The number of amides is 4. The maximum atomic E-state index is 11.3. The summed E-state index contributed by atoms with van der Waals surface area (Å²) >= 11 is 0. The summed E-state index contributed by atoms with van der Waals surface area (Å²) in [6.45, 7) is 8.85. The predicted molar refractivity (Wildman–Crippen MR) is 82.4 cm³/mol. The molecule has 122 valence electrons. The van der Waals surface area contributed by atoms with Crippen LogP contribution >= 0.6 is 0 Å². The molecule has 1 rings (SSSR count). The average molecular weight is 300 g/mol. The molecule has 8 heteroatoms. The lowest BCUT2D eigenvalue weighted by molar-refractivity contribution is 0.217. The molecular weight excluding hydrogens is 272 g/mol. The first-order valence-electron chi connectivity index (χ1n) is 7.70. The smallest absolute Gasteiger partial charge is 0.317 e. The Kier molecular flexibility index (Phi) is 9.30. The fourth-order valence-electron chi connectivity index (χ4n) is 1.93. The van der Waals surface area contributed by atoms with Gasteiger partial charge >= 0.3 is 12.1 Å². The van der Waals surface area contributed by atoms with Gasteiger partial charge in [-0.1, -0.05) is 6.92 Å². The highest BCUT2D eigenvalue weighted by atomic mass is 16.2. The number of carbonyl (C=O) groups is 2. The molecule has 0 saturated carbocycles. The van der Waals surface area contributed by atoms with Crippen molar-refractivity contribution >= 4 is 12.1 Å². The van der Waals surface area contributed by atoms with E-state index in [1.54, 1.807) is 4.90 Å². The Morgan fingerprint density at radius 3 is 2.43 bits per heavy atom. The zero-order valence-electron chi connectivity index (χ0n) is 12.8. The van der Waals surface area contributed by atoms with E-state index < -0.39 is 0 Å². The summed E-state index contributed by atoms with van der Waals surface area (Å²) in [5.41, 5.74) is 0. The Balaban J connectivity index is 1.80. The summed E-state index contributed by atoms with van der Waals surface area (Å²) in [5, 5.41) is 14.8. The third kappa shape index (κ3) is 8.36. The molecule has 1 aliphatic heterocycles. The molecule has 0 spiro atoms. The van der Waals surface area contributed by atoms with Gasteiger partial charge in [-0.2, -0.15) is 0 Å². The molecule has 0 atom stereocenters. The fraction of sp³-hybridized carbons (Fsp3) is 0.846. The van der Waals surface area contributed by atoms with E-state index in [-0.39, 0.29) is 12.1 Å². The second-order valence-corrected chi connectivity index (χ2v) is 4.90. The number of rotatable bonds is 11. The Morgan fingerprint density at radius 2 is 1.76 bits per heavy atom. The molecule has 8 nitrogen and oxygen atoms in total. The van der Waals surface area contributed by atoms with Crippen LogP contribution < -0.4 is 26.6 Å². The van der Waals surface area contributed by atoms with E-state index in [0.29, 0.717) is 13.1 Å². The lowest BCUT2D eigenvalue weighted by atomic mass is 10.5. The van der Waals surface area contributed by atoms with Crippen molar-refractivity contribution in [3.63, 3.8) is 0 Å². The van der Waals surface area contributed by atoms with Crippen LogP contribution in [0.25, 0.3) is 0 Å². The van der Waals surface area contributed by atoms with E-state index in [0.717, 1.165) is 52.2 Å². The number of hydrogen-bond donors (Lipinski definition) is 5. The van der Waals surface area contributed by atoms with Crippen LogP contribution in [0.15, 0.2) is 0 Å². The minimum atomic E-state index is -0.110. The van der Waals surface area contributed by atoms with Gasteiger partial charge in [-0.25, -0.2) is 9.59 Å². The summed E-state index contributed by atoms with van der Waals surface area (Å²) in [6, 6.07) is -0.0805. The number of nitrogens with one attached hydrogen (secondary N) is 5. The monoisotopic (exact) mass is 300 g/mol. The standard InChI is InChI=1S/C13H28N6O2/c1-2-3-16-12(20)17-7-6-14-4-5-15-8-10-19-11-9-18-13(19)21/h14-15H,2-11H2,1H3,(H,18,21)(H2,16,17,20). The van der Waals surface area contributed by atoms with E-state index >= 15 is 0 Å². The molecule has 4 amide bonds. The van der Waals surface area contributed by atoms with E-state index in [1.807, 2.05) is 6.92 Å². The van der Waals surface area contributed by atoms with Gasteiger partial charge in [0.1, 0.15) is 0 Å². The topological polar surface area (TPSA) is 97.5 Å². The third-order valence-electron chi connectivity index (χ3n) is 3.11. The molecular formula is C13H28N6O2. The first kappa shape index (κ1) is 17.5. The molecule has 0 aliphatic carbocycles. The SMILES string of the molecule is CCCNC(=O)NCCNCCNCCN1CCNC1=O. The highest BCUT2D eigenvalue weighted by Crippen LogP contribution is 1.93. The number of urea groups is 2. The van der Waals surface area contributed by atoms with Crippen molar-refractivity contribution in [3.8, 4) is 0 Å². The first-order valence-corrected chi connectivity index (χ1v) is 7.70. The van der Waals surface area contributed by atoms with E-state index in [4.69, 9.17) is 0 Å². The molecule has 1 heterocycles. The van der Waals surface area contributed by atoms with Gasteiger partial charge in [0.25, 0.3) is 0 Å². The van der Waals surface area contributed by atoms with Crippen LogP contribution in [-0.2, 0) is 0 Å². The van der Waals surface area contributed by atoms with Crippen molar-refractivity contribution in [2.45, 2.75) is 13.3 Å². The van der Waals surface area contributed by atoms with Crippen LogP contribution in [0.3, 0.4) is 0 Å². The zero-order chi connectivity index (χ0) is 15.3. The summed E-state index contributed by atoms with van der Waals surface area (Å²) < 4.78 is 0. The van der Waals surface area contributed by atoms with Crippen molar-refractivity contribution in [1.29, 1.82) is 0 Å². The average Bonchev–Trinajstić information content (AvgIpc) is 2.88. The molecule has 0 aromatic carbocycles. The molecule has 1 saturated heterocycles. The molecule has 0 radical (unpaired) electrons. The largest absolute Gasteiger partial charge is 0.338 e. The van der Waals surface area contributed by atoms with Crippen molar-refractivity contribution < 1.29 is 9.59 Å². The highest BCUT2D eigenvalue weighted by Gasteiger charge is 2.17. The van der Waals surface area contributed by atoms with Crippen LogP contribution in [0.1, 0.15) is 13.3 Å². The van der Waals surface area contributed by atoms with Crippen LogP contribution in [0.4, 0.5) is 9.59 Å². The summed E-state index contributed by atoms with van der Waals surface area (Å²) in [6.07, 6.45) is 0.941. The lowest BCUT2D eigenvalue weighted by Gasteiger charge is -2.14. The van der Waals surface area contributed by atoms with Gasteiger partial charge < -0.3 is 31.5 Å². The molecule has 0 aromatic heterocycles. The van der Waals surface area contributed by atoms with E-state index in [9.17, 15) is 9.59 Å². The molecule has 1 aliphatic rings. The van der Waals surface area contributed by atoms with Crippen LogP contribution in [0.5, 0.6) is 0 Å². The van der Waals surface area contributed by atoms with Gasteiger partial charge in [-0.05, 0) is 6.42 Å². The Morgan fingerprint density at radius 1 is 1.10 bits per heavy atom. The Bertz CT molecular complexity index is 313. The summed E-state index contributed by atoms with van der Waals surface area (Å²) in [4.78, 5) is 24.3. The van der Waals surface area contributed by atoms with Crippen molar-refractivity contribution in [2.75, 3.05) is 58.9 Å². The van der Waals surface area contributed by atoms with Crippen LogP contribution in [0.2, 0.25) is 0 Å². The van der Waals surface area contributed by atoms with E-state index in [2.05, 4.69) is 26.6 Å². The third-order valence-corrected chi connectivity index (χ3v) is 3.11. The zero-order valence-corrected chi connectivity index (χ0v) is 12.8. The maximum Gasteiger partial charge on any atom is 0.317 e. The predicted octanol–water partition coefficient (Wildman–Crippen LogP) is -1.10. The van der Waals surface area contributed by atoms with Gasteiger partial charge in [0.05, 0.1) is 0 Å². The van der Waals surface area contributed by atoms with Gasteiger partial charge in [-0.3, -0.25) is 0 Å². The lowest BCUT2D eigenvalue weighted by Crippen LogP contribution is -2.41. The molecule has 0 unspecified atom stereocenters. The second kappa shape index (κ2) is 11.2. The normalized spacial score (nSPS) is 14.1. The number of nitrogens with zero attached hydrogens (tertiary/aromatic N) is 1. The van der Waals surface area contributed by atoms with Gasteiger partial charge in [-0.15, -0.1) is 0 Å². The number of hydrogen-bond acceptors (Lipinski definition) is 4. The fourth-order valence-corrected chi connectivity index (χ4v) is 1.93. The van der Waals surface area contributed by atoms with Gasteiger partial charge in [0, 0.05) is 58.9 Å². The minimum absolute atomic E-state index is 0.0300. The van der Waals surface area contributed by atoms with Crippen LogP contribution in [-0.4, -0.2) is 75.9 Å². The molecule has 21 heavy (non-hydrogen) atoms. The molecule has 0 bridgehead atoms. The van der Waals surface area contributed by atoms with Crippen molar-refractivity contribution in [2.24, 2.45) is 0 Å². The molecule has 0 aromatic rings. The van der Waals surface area contributed by atoms with Crippen molar-refractivity contribution in [3.05, 3.63) is 0 Å². The Labute approximate surface area is 126 Å². The molecule has 5 N–H and O–H groups in total. The summed E-state index contributed by atoms with van der Waals surface area (Å²) in [7, 11) is 0. The second-order valence-electron chi connectivity index (χ2n) is 4.90. The quantitative estimate of drug-likeness (QED) is 0.313. The van der Waals surface area contributed by atoms with E-state index in [1.165, 1.54) is 0 Å².